The summed E-state index contributed by atoms with van der Waals surface area (Å²) in [5.41, 5.74) is 1.86. The molecular weight excluding hydrogens is 548 g/mol. The van der Waals surface area contributed by atoms with E-state index in [0.29, 0.717) is 24.8 Å². The quantitative estimate of drug-likeness (QED) is 0.325. The van der Waals surface area contributed by atoms with Crippen molar-refractivity contribution in [2.45, 2.75) is 132 Å². The molecule has 0 aromatic heterocycles. The van der Waals surface area contributed by atoms with Crippen molar-refractivity contribution in [1.82, 2.24) is 10.2 Å². The first kappa shape index (κ1) is 32.3. The van der Waals surface area contributed by atoms with E-state index in [1.807, 2.05) is 0 Å². The van der Waals surface area contributed by atoms with Crippen LogP contribution in [0.5, 0.6) is 0 Å². The Bertz CT molecular complexity index is 1230. The molecule has 0 aromatic rings. The lowest BCUT2D eigenvalue weighted by atomic mass is 9.33. The molecule has 246 valence electrons. The first-order chi connectivity index (χ1) is 20.6. The number of likely N-dealkylation sites (tertiary alicyclic amines) is 1. The van der Waals surface area contributed by atoms with Crippen LogP contribution in [-0.2, 0) is 19.1 Å². The maximum Gasteiger partial charge on any atom is 0.302 e. The second-order valence-electron chi connectivity index (χ2n) is 17.5. The minimum Gasteiger partial charge on any atom is -0.462 e. The fraction of sp³-hybridized carbons (Fsp3) is 0.868. The zero-order chi connectivity index (χ0) is 31.9. The molecule has 8 atom stereocenters. The van der Waals surface area contributed by atoms with E-state index in [9.17, 15) is 14.4 Å². The standard InChI is InChI=1S/C38H60N2O4/c1-24(2)31-27(42)23-38(33(43)39-19-22-40-20-9-10-21-40)18-17-36(7)26(32(31)38)11-12-29-35(6)15-14-30(44-25(3)41)34(4,5)28(35)13-16-37(29,36)8/h24,26,28-30H,9-23H2,1-8H3,(H,39,43)/t26-,28?,29?,30+,35+,36-,37-,38-/m1/s1. The highest BCUT2D eigenvalue weighted by atomic mass is 16.5. The third kappa shape index (κ3) is 4.53. The number of carbonyl (C=O) groups is 3. The van der Waals surface area contributed by atoms with Gasteiger partial charge in [-0.15, -0.1) is 0 Å². The molecule has 6 heteroatoms. The van der Waals surface area contributed by atoms with Gasteiger partial charge < -0.3 is 15.0 Å². The number of Topliss-reactive ketones (excluding diaryl/α,β-unsaturated/α-hetero) is 1. The molecule has 1 aliphatic heterocycles. The van der Waals surface area contributed by atoms with E-state index in [1.54, 1.807) is 6.92 Å². The third-order valence-corrected chi connectivity index (χ3v) is 15.0. The van der Waals surface area contributed by atoms with Gasteiger partial charge in [0.1, 0.15) is 6.10 Å². The number of ketones is 1. The van der Waals surface area contributed by atoms with E-state index in [2.05, 4.69) is 58.7 Å². The largest absolute Gasteiger partial charge is 0.462 e. The minimum atomic E-state index is -0.666. The second-order valence-corrected chi connectivity index (χ2v) is 17.5. The minimum absolute atomic E-state index is 0.0168. The first-order valence-electron chi connectivity index (χ1n) is 18.1. The zero-order valence-corrected chi connectivity index (χ0v) is 29.1. The molecule has 2 unspecified atom stereocenters. The summed E-state index contributed by atoms with van der Waals surface area (Å²) < 4.78 is 5.93. The molecule has 4 saturated carbocycles. The van der Waals surface area contributed by atoms with Gasteiger partial charge in [-0.1, -0.05) is 48.5 Å². The van der Waals surface area contributed by atoms with Crippen LogP contribution in [0.15, 0.2) is 11.1 Å². The van der Waals surface area contributed by atoms with Crippen LogP contribution in [0.4, 0.5) is 0 Å². The summed E-state index contributed by atoms with van der Waals surface area (Å²) in [7, 11) is 0. The van der Waals surface area contributed by atoms with Crippen LogP contribution >= 0.6 is 0 Å². The number of nitrogens with one attached hydrogen (secondary N) is 1. The molecule has 1 saturated heterocycles. The topological polar surface area (TPSA) is 75.7 Å². The van der Waals surface area contributed by atoms with Gasteiger partial charge in [-0.2, -0.15) is 0 Å². The first-order valence-corrected chi connectivity index (χ1v) is 18.1. The number of rotatable bonds is 6. The fourth-order valence-electron chi connectivity index (χ4n) is 12.8. The van der Waals surface area contributed by atoms with Crippen molar-refractivity contribution in [3.63, 3.8) is 0 Å². The molecule has 6 aliphatic rings. The van der Waals surface area contributed by atoms with Crippen LogP contribution in [0, 0.1) is 50.7 Å². The number of hydrogen-bond acceptors (Lipinski definition) is 5. The van der Waals surface area contributed by atoms with Gasteiger partial charge in [0.25, 0.3) is 0 Å². The lowest BCUT2D eigenvalue weighted by Crippen LogP contribution is -2.66. The molecule has 6 rings (SSSR count). The molecule has 44 heavy (non-hydrogen) atoms. The number of carbonyl (C=O) groups excluding carboxylic acids is 3. The van der Waals surface area contributed by atoms with Crippen molar-refractivity contribution in [2.75, 3.05) is 26.2 Å². The van der Waals surface area contributed by atoms with E-state index in [-0.39, 0.29) is 57.3 Å². The Kier molecular flexibility index (Phi) is 8.02. The maximum absolute atomic E-state index is 14.3. The van der Waals surface area contributed by atoms with Crippen LogP contribution in [0.2, 0.25) is 0 Å². The summed E-state index contributed by atoms with van der Waals surface area (Å²) in [6, 6.07) is 0. The number of amides is 1. The number of esters is 1. The van der Waals surface area contributed by atoms with Crippen molar-refractivity contribution >= 4 is 17.7 Å². The summed E-state index contributed by atoms with van der Waals surface area (Å²) in [5.74, 6) is 1.68. The summed E-state index contributed by atoms with van der Waals surface area (Å²) in [6.07, 6.45) is 11.2. The highest BCUT2D eigenvalue weighted by Gasteiger charge is 2.71. The van der Waals surface area contributed by atoms with Gasteiger partial charge in [0.15, 0.2) is 5.78 Å². The highest BCUT2D eigenvalue weighted by molar-refractivity contribution is 6.06. The SMILES string of the molecule is CC(=O)O[C@H]1CC[C@@]2(C)C(CC[C@]3(C)C2CC[C@@H]2C4=C(C(C)C)C(=O)C[C@]4(C(=O)NCCN4CCCC4)CC[C@]23C)C1(C)C. The molecule has 0 aromatic carbocycles. The maximum atomic E-state index is 14.3. The summed E-state index contributed by atoms with van der Waals surface area (Å²) in [6.45, 7) is 22.1. The van der Waals surface area contributed by atoms with Crippen molar-refractivity contribution in [3.8, 4) is 0 Å². The van der Waals surface area contributed by atoms with Gasteiger partial charge in [0.2, 0.25) is 5.91 Å². The molecule has 0 radical (unpaired) electrons. The van der Waals surface area contributed by atoms with Crippen LogP contribution in [0.1, 0.15) is 126 Å². The number of fused-ring (bicyclic) bond motifs is 7. The Morgan fingerprint density at radius 1 is 0.909 bits per heavy atom. The molecule has 5 fully saturated rings. The predicted molar refractivity (Wildman–Crippen MR) is 174 cm³/mol. The van der Waals surface area contributed by atoms with Gasteiger partial charge in [-0.05, 0) is 128 Å². The number of hydrogen-bond donors (Lipinski definition) is 1. The normalized spacial score (nSPS) is 43.2. The number of ether oxygens (including phenoxy) is 1. The van der Waals surface area contributed by atoms with Crippen molar-refractivity contribution in [3.05, 3.63) is 11.1 Å². The van der Waals surface area contributed by atoms with Gasteiger partial charge in [-0.3, -0.25) is 14.4 Å². The van der Waals surface area contributed by atoms with Gasteiger partial charge in [-0.25, -0.2) is 0 Å². The van der Waals surface area contributed by atoms with E-state index >= 15 is 0 Å². The van der Waals surface area contributed by atoms with E-state index in [4.69, 9.17) is 4.74 Å². The lowest BCUT2D eigenvalue weighted by molar-refractivity contribution is -0.232. The molecule has 1 N–H and O–H groups in total. The van der Waals surface area contributed by atoms with E-state index in [0.717, 1.165) is 76.6 Å². The fourth-order valence-corrected chi connectivity index (χ4v) is 12.8. The summed E-state index contributed by atoms with van der Waals surface area (Å²) >= 11 is 0. The summed E-state index contributed by atoms with van der Waals surface area (Å²) in [5, 5.41) is 3.36. The molecule has 1 heterocycles. The summed E-state index contributed by atoms with van der Waals surface area (Å²) in [4.78, 5) is 42.6. The number of allylic oxidation sites excluding steroid dienone is 1. The Labute approximate surface area is 266 Å². The van der Waals surface area contributed by atoms with E-state index < -0.39 is 5.41 Å². The average molecular weight is 609 g/mol. The molecule has 0 spiro atoms. The van der Waals surface area contributed by atoms with Crippen LogP contribution in [0.3, 0.4) is 0 Å². The van der Waals surface area contributed by atoms with Crippen LogP contribution < -0.4 is 5.32 Å². The molecular formula is C38H60N2O4. The smallest absolute Gasteiger partial charge is 0.302 e. The van der Waals surface area contributed by atoms with Gasteiger partial charge in [0.05, 0.1) is 5.41 Å². The predicted octanol–water partition coefficient (Wildman–Crippen LogP) is 7.11. The van der Waals surface area contributed by atoms with Crippen LogP contribution in [-0.4, -0.2) is 54.8 Å². The Morgan fingerprint density at radius 3 is 2.27 bits per heavy atom. The molecule has 5 aliphatic carbocycles. The van der Waals surface area contributed by atoms with Gasteiger partial charge >= 0.3 is 5.97 Å². The highest BCUT2D eigenvalue weighted by Crippen LogP contribution is 2.76. The van der Waals surface area contributed by atoms with Crippen molar-refractivity contribution in [1.29, 1.82) is 0 Å². The third-order valence-electron chi connectivity index (χ3n) is 15.0. The second kappa shape index (κ2) is 10.9. The van der Waals surface area contributed by atoms with Crippen molar-refractivity contribution < 1.29 is 19.1 Å². The Hall–Kier alpha value is -1.69. The van der Waals surface area contributed by atoms with Crippen LogP contribution in [0.25, 0.3) is 0 Å². The monoisotopic (exact) mass is 608 g/mol. The Balaban J connectivity index is 1.32. The lowest BCUT2D eigenvalue weighted by Gasteiger charge is -2.72. The number of nitrogens with zero attached hydrogens (tertiary/aromatic N) is 1. The average Bonchev–Trinajstić information content (AvgIpc) is 3.56. The molecule has 6 nitrogen and oxygen atoms in total. The van der Waals surface area contributed by atoms with Crippen molar-refractivity contribution in [2.24, 2.45) is 50.7 Å². The molecule has 1 amide bonds. The molecule has 0 bridgehead atoms. The Morgan fingerprint density at radius 2 is 1.61 bits per heavy atom. The van der Waals surface area contributed by atoms with E-state index in [1.165, 1.54) is 18.4 Å². The van der Waals surface area contributed by atoms with Gasteiger partial charge in [0, 0.05) is 31.8 Å². The zero-order valence-electron chi connectivity index (χ0n) is 29.1.